The molecule has 1 aliphatic heterocycles. The molecule has 1 aliphatic rings. The van der Waals surface area contributed by atoms with Gasteiger partial charge in [-0.15, -0.1) is 0 Å². The number of hydrogen-bond donors (Lipinski definition) is 3. The number of piperazine rings is 1. The van der Waals surface area contributed by atoms with E-state index >= 15 is 0 Å². The fraction of sp³-hybridized carbons (Fsp3) is 0.300. The lowest BCUT2D eigenvalue weighted by Crippen LogP contribution is -2.56. The Bertz CT molecular complexity index is 1460. The molecule has 13 heteroatoms. The molecule has 1 aromatic heterocycles. The van der Waals surface area contributed by atoms with Crippen LogP contribution in [0.4, 0.5) is 10.6 Å². The van der Waals surface area contributed by atoms with Gasteiger partial charge in [0.05, 0.1) is 6.61 Å². The van der Waals surface area contributed by atoms with Crippen LogP contribution in [-0.2, 0) is 14.3 Å². The molecular formula is C30H32N6O7. The largest absolute Gasteiger partial charge is 0.481 e. The Morgan fingerprint density at radius 1 is 0.884 bits per heavy atom. The van der Waals surface area contributed by atoms with Crippen molar-refractivity contribution < 1.29 is 33.8 Å². The van der Waals surface area contributed by atoms with E-state index in [1.54, 1.807) is 61.5 Å². The second-order valence-electron chi connectivity index (χ2n) is 9.62. The van der Waals surface area contributed by atoms with Crippen molar-refractivity contribution in [2.24, 2.45) is 0 Å². The van der Waals surface area contributed by atoms with Crippen LogP contribution in [-0.4, -0.2) is 93.5 Å². The predicted octanol–water partition coefficient (Wildman–Crippen LogP) is 2.66. The smallest absolute Gasteiger partial charge is 0.409 e. The molecule has 0 aliphatic carbocycles. The first-order valence-electron chi connectivity index (χ1n) is 13.8. The summed E-state index contributed by atoms with van der Waals surface area (Å²) in [5, 5.41) is 14.6. The Labute approximate surface area is 247 Å². The third-order valence-electron chi connectivity index (χ3n) is 6.64. The van der Waals surface area contributed by atoms with E-state index < -0.39 is 35.8 Å². The Kier molecular flexibility index (Phi) is 10.3. The number of anilines is 1. The lowest BCUT2D eigenvalue weighted by molar-refractivity contribution is -0.138. The van der Waals surface area contributed by atoms with Crippen LogP contribution in [0.1, 0.15) is 40.6 Å². The molecule has 13 nitrogen and oxygen atoms in total. The third-order valence-corrected chi connectivity index (χ3v) is 6.64. The van der Waals surface area contributed by atoms with Crippen molar-refractivity contribution >= 4 is 35.6 Å². The second-order valence-corrected chi connectivity index (χ2v) is 9.62. The van der Waals surface area contributed by atoms with E-state index in [9.17, 15) is 29.1 Å². The first kappa shape index (κ1) is 30.6. The highest BCUT2D eigenvalue weighted by Gasteiger charge is 2.31. The summed E-state index contributed by atoms with van der Waals surface area (Å²) in [5.41, 5.74) is 0.846. The van der Waals surface area contributed by atoms with Crippen molar-refractivity contribution in [3.63, 3.8) is 0 Å². The van der Waals surface area contributed by atoms with Gasteiger partial charge in [-0.2, -0.15) is 0 Å². The molecule has 0 radical (unpaired) electrons. The number of carboxylic acid groups (broad SMARTS) is 1. The van der Waals surface area contributed by atoms with Crippen LogP contribution in [0.3, 0.4) is 0 Å². The molecule has 2 heterocycles. The second kappa shape index (κ2) is 14.5. The van der Waals surface area contributed by atoms with Crippen LogP contribution < -0.4 is 10.6 Å². The molecule has 0 unspecified atom stereocenters. The molecule has 1 atom stereocenters. The number of carbonyl (C=O) groups excluding carboxylic acids is 4. The van der Waals surface area contributed by atoms with Gasteiger partial charge in [-0.3, -0.25) is 19.2 Å². The molecule has 43 heavy (non-hydrogen) atoms. The van der Waals surface area contributed by atoms with Gasteiger partial charge in [-0.25, -0.2) is 14.8 Å². The number of carboxylic acids is 1. The van der Waals surface area contributed by atoms with Gasteiger partial charge in [0.2, 0.25) is 5.91 Å². The monoisotopic (exact) mass is 588 g/mol. The quantitative estimate of drug-likeness (QED) is 0.322. The normalized spacial score (nSPS) is 13.5. The minimum atomic E-state index is -1.17. The van der Waals surface area contributed by atoms with Crippen LogP contribution in [0.25, 0.3) is 11.4 Å². The Hall–Kier alpha value is -5.33. The maximum absolute atomic E-state index is 13.5. The Balaban J connectivity index is 1.56. The van der Waals surface area contributed by atoms with E-state index in [1.165, 1.54) is 15.9 Å². The number of nitrogens with zero attached hydrogens (tertiary/aromatic N) is 4. The maximum Gasteiger partial charge on any atom is 0.409 e. The van der Waals surface area contributed by atoms with Gasteiger partial charge >= 0.3 is 12.1 Å². The number of amides is 4. The fourth-order valence-electron chi connectivity index (χ4n) is 4.42. The van der Waals surface area contributed by atoms with Crippen molar-refractivity contribution in [2.75, 3.05) is 38.1 Å². The summed E-state index contributed by atoms with van der Waals surface area (Å²) in [5.74, 6) is -2.56. The summed E-state index contributed by atoms with van der Waals surface area (Å²) in [4.78, 5) is 74.9. The summed E-state index contributed by atoms with van der Waals surface area (Å²) >= 11 is 0. The van der Waals surface area contributed by atoms with Gasteiger partial charge < -0.3 is 30.3 Å². The topological polar surface area (TPSA) is 171 Å². The first-order valence-corrected chi connectivity index (χ1v) is 13.8. The zero-order valence-corrected chi connectivity index (χ0v) is 23.6. The lowest BCUT2D eigenvalue weighted by Gasteiger charge is -2.35. The van der Waals surface area contributed by atoms with E-state index in [4.69, 9.17) is 4.74 Å². The highest BCUT2D eigenvalue weighted by atomic mass is 16.6. The van der Waals surface area contributed by atoms with Crippen molar-refractivity contribution in [3.05, 3.63) is 78.0 Å². The standard InChI is InChI=1S/C30H32N6O7/c1-2-43-30(42)36-17-15-35(16-18-36)29(41)22(13-14-25(37)38)32-28(40)23-19-24(34-27(39)21-11-7-4-8-12-21)33-26(31-23)20-9-5-3-6-10-20/h3-12,19,22H,2,13-18H2,1H3,(H,32,40)(H,37,38)(H,31,33,34,39)/t22-/m0/s1. The minimum Gasteiger partial charge on any atom is -0.481 e. The van der Waals surface area contributed by atoms with Crippen LogP contribution >= 0.6 is 0 Å². The number of benzene rings is 2. The maximum atomic E-state index is 13.5. The molecule has 2 aromatic carbocycles. The average molecular weight is 589 g/mol. The lowest BCUT2D eigenvalue weighted by atomic mass is 10.1. The average Bonchev–Trinajstić information content (AvgIpc) is 3.03. The molecule has 0 spiro atoms. The van der Waals surface area contributed by atoms with Crippen molar-refractivity contribution in [1.29, 1.82) is 0 Å². The van der Waals surface area contributed by atoms with Gasteiger partial charge in [0.1, 0.15) is 17.6 Å². The SMILES string of the molecule is CCOC(=O)N1CCN(C(=O)[C@H](CCC(=O)O)NC(=O)c2cc(NC(=O)c3ccccc3)nc(-c3ccccc3)n2)CC1. The number of carbonyl (C=O) groups is 5. The summed E-state index contributed by atoms with van der Waals surface area (Å²) in [6.45, 7) is 2.79. The van der Waals surface area contributed by atoms with Gasteiger partial charge in [-0.05, 0) is 25.5 Å². The van der Waals surface area contributed by atoms with Crippen molar-refractivity contribution in [2.45, 2.75) is 25.8 Å². The van der Waals surface area contributed by atoms with Crippen LogP contribution in [0, 0.1) is 0 Å². The van der Waals surface area contributed by atoms with Crippen molar-refractivity contribution in [1.82, 2.24) is 25.1 Å². The van der Waals surface area contributed by atoms with E-state index in [1.807, 2.05) is 6.07 Å². The molecule has 4 rings (SSSR count). The number of aromatic nitrogens is 2. The summed E-state index contributed by atoms with van der Waals surface area (Å²) in [6, 6.07) is 17.4. The molecule has 3 N–H and O–H groups in total. The first-order chi connectivity index (χ1) is 20.7. The fourth-order valence-corrected chi connectivity index (χ4v) is 4.42. The van der Waals surface area contributed by atoms with E-state index in [0.29, 0.717) is 11.1 Å². The zero-order chi connectivity index (χ0) is 30.8. The summed E-state index contributed by atoms with van der Waals surface area (Å²) in [7, 11) is 0. The van der Waals surface area contributed by atoms with Gasteiger partial charge in [0.25, 0.3) is 11.8 Å². The van der Waals surface area contributed by atoms with Crippen LogP contribution in [0.15, 0.2) is 66.7 Å². The van der Waals surface area contributed by atoms with E-state index in [2.05, 4.69) is 20.6 Å². The van der Waals surface area contributed by atoms with E-state index in [-0.39, 0.29) is 63.0 Å². The Morgan fingerprint density at radius 2 is 1.51 bits per heavy atom. The van der Waals surface area contributed by atoms with Gasteiger partial charge in [0.15, 0.2) is 5.82 Å². The minimum absolute atomic E-state index is 0.0661. The third kappa shape index (κ3) is 8.35. The molecule has 0 saturated carbocycles. The zero-order valence-electron chi connectivity index (χ0n) is 23.6. The van der Waals surface area contributed by atoms with E-state index in [0.717, 1.165) is 0 Å². The molecule has 1 fully saturated rings. The van der Waals surface area contributed by atoms with Crippen LogP contribution in [0.2, 0.25) is 0 Å². The molecule has 3 aromatic rings. The Morgan fingerprint density at radius 3 is 2.14 bits per heavy atom. The van der Waals surface area contributed by atoms with Gasteiger partial charge in [0, 0.05) is 49.8 Å². The molecular weight excluding hydrogens is 556 g/mol. The molecule has 0 bridgehead atoms. The van der Waals surface area contributed by atoms with Gasteiger partial charge in [-0.1, -0.05) is 48.5 Å². The summed E-state index contributed by atoms with van der Waals surface area (Å²) in [6.07, 6.45) is -0.998. The number of hydrogen-bond acceptors (Lipinski definition) is 8. The van der Waals surface area contributed by atoms with Crippen LogP contribution in [0.5, 0.6) is 0 Å². The summed E-state index contributed by atoms with van der Waals surface area (Å²) < 4.78 is 5.01. The highest BCUT2D eigenvalue weighted by molar-refractivity contribution is 6.04. The predicted molar refractivity (Wildman–Crippen MR) is 155 cm³/mol. The molecule has 1 saturated heterocycles. The number of aliphatic carboxylic acids is 1. The number of nitrogens with one attached hydrogen (secondary N) is 2. The number of rotatable bonds is 10. The molecule has 4 amide bonds. The molecule has 224 valence electrons. The number of ether oxygens (including phenoxy) is 1. The van der Waals surface area contributed by atoms with Crippen molar-refractivity contribution in [3.8, 4) is 11.4 Å². The highest BCUT2D eigenvalue weighted by Crippen LogP contribution is 2.19.